The van der Waals surface area contributed by atoms with Gasteiger partial charge in [0.15, 0.2) is 18.9 Å². The minimum absolute atomic E-state index is 0.201. The molecule has 15 amide bonds. The van der Waals surface area contributed by atoms with Crippen molar-refractivity contribution in [1.29, 1.82) is 0 Å². The maximum absolute atomic E-state index is 13.3. The molecule has 2 aliphatic carbocycles. The number of nitrogens with one attached hydrogen (secondary N) is 4. The average Bonchev–Trinajstić information content (AvgIpc) is 1.65. The highest BCUT2D eigenvalue weighted by Crippen LogP contribution is 2.39. The van der Waals surface area contributed by atoms with Crippen LogP contribution in [-0.4, -0.2) is 484 Å². The predicted molar refractivity (Wildman–Crippen MR) is 428 cm³/mol. The fraction of sp³-hybridized carbons (Fsp3) is 0.868. The number of aliphatic hydroxyl groups is 16. The summed E-state index contributed by atoms with van der Waals surface area (Å²) in [6.07, 6.45) is -33.9. The molecule has 0 spiro atoms. The highest BCUT2D eigenvalue weighted by atomic mass is 16.8. The zero-order valence-electron chi connectivity index (χ0n) is 74.3. The molecule has 130 heavy (non-hydrogen) atoms. The number of nitrogens with two attached hydrogens (primary N) is 3. The summed E-state index contributed by atoms with van der Waals surface area (Å²) in [5.74, 6) is -4.69. The van der Waals surface area contributed by atoms with Gasteiger partial charge in [-0.15, -0.1) is 0 Å². The van der Waals surface area contributed by atoms with E-state index >= 15 is 0 Å². The van der Waals surface area contributed by atoms with Crippen LogP contribution in [0.3, 0.4) is 0 Å². The third-order valence-electron chi connectivity index (χ3n) is 24.2. The Hall–Kier alpha value is -6.66. The van der Waals surface area contributed by atoms with Gasteiger partial charge in [-0.05, 0) is 82.6 Å². The maximum Gasteiger partial charge on any atom is 0.331 e. The van der Waals surface area contributed by atoms with Gasteiger partial charge in [-0.1, -0.05) is 0 Å². The lowest BCUT2D eigenvalue weighted by Gasteiger charge is -2.48. The first kappa shape index (κ1) is 109. The van der Waals surface area contributed by atoms with Crippen molar-refractivity contribution in [1.82, 2.24) is 50.7 Å². The Kier molecular flexibility index (Phi) is 38.3. The molecule has 26 N–H and O–H groups in total. The quantitative estimate of drug-likeness (QED) is 0.0162. The maximum atomic E-state index is 13.3. The zero-order valence-corrected chi connectivity index (χ0v) is 74.3. The predicted octanol–water partition coefficient (Wildman–Crippen LogP) is -12.0. The summed E-state index contributed by atoms with van der Waals surface area (Å²) in [4.78, 5) is 131. The van der Waals surface area contributed by atoms with Crippen molar-refractivity contribution in [2.24, 2.45) is 29.0 Å². The number of amides is 15. The number of hydrogen-bond donors (Lipinski definition) is 23. The number of carbonyl (C=O) groups excluding carboxylic acids is 10. The van der Waals surface area contributed by atoms with E-state index in [4.69, 9.17) is 129 Å². The summed E-state index contributed by atoms with van der Waals surface area (Å²) < 4.78 is 87.9. The van der Waals surface area contributed by atoms with Gasteiger partial charge in [0.2, 0.25) is 0 Å². The van der Waals surface area contributed by atoms with Gasteiger partial charge < -0.3 is 191 Å². The molecule has 11 fully saturated rings. The molecule has 9 saturated heterocycles. The van der Waals surface area contributed by atoms with Crippen molar-refractivity contribution in [2.45, 2.75) is 294 Å². The van der Waals surface area contributed by atoms with Gasteiger partial charge in [0, 0.05) is 52.1 Å². The van der Waals surface area contributed by atoms with Crippen LogP contribution in [0, 0.1) is 11.8 Å². The van der Waals surface area contributed by atoms with E-state index in [1.165, 1.54) is 83.5 Å². The molecule has 54 nitrogen and oxygen atoms in total. The topological polar surface area (TPSA) is 778 Å². The molecule has 0 aromatic heterocycles. The number of nitrogens with zero attached hydrogens (tertiary/aromatic N) is 6. The summed E-state index contributed by atoms with van der Waals surface area (Å²) >= 11 is 0. The first-order valence-electron chi connectivity index (χ1n) is 42.0. The SMILES string of the molecule is CC1(C)C(=O)N(CO)C(=O)N1CO.CCOC[C@@H]1OC(CO)[C@@H](CO)[C@@H](O)C1N.COC1OC(COCOC2C[C@@H](OCN3C(=O)NC(C)(C)C3=O)[C@@H](O)C(N)[C@@H]2O)C(OC2OC(COCN3C(=O)NC(C)(C)C3=O)C(OC)C(O)C2CCOC2C[C@H](OCN3C(=O)NC(C)(C)C3=O)[C@@H](O)C(N)[C@@H]2O)C(O)C1OCN1C(=O)NC(C)(C)C1=O.OCC1OC(O)C(O)C(O)C1O. The van der Waals surface area contributed by atoms with Crippen LogP contribution < -0.4 is 38.5 Å². The molecule has 30 atom stereocenters. The highest BCUT2D eigenvalue weighted by molar-refractivity contribution is 6.09. The number of rotatable bonds is 34. The number of aliphatic hydroxyl groups excluding tert-OH is 16. The number of hydrogen-bond acceptors (Lipinski definition) is 44. The fourth-order valence-electron chi connectivity index (χ4n) is 16.1. The second kappa shape index (κ2) is 45.8. The first-order valence-corrected chi connectivity index (χ1v) is 42.0. The molecule has 9 aliphatic heterocycles. The summed E-state index contributed by atoms with van der Waals surface area (Å²) in [5.41, 5.74) is 12.2. The highest BCUT2D eigenvalue weighted by Gasteiger charge is 2.58. The Bertz CT molecular complexity index is 3810. The molecule has 0 aromatic carbocycles. The summed E-state index contributed by atoms with van der Waals surface area (Å²) in [5, 5.41) is 170. The van der Waals surface area contributed by atoms with Crippen LogP contribution in [0.5, 0.6) is 0 Å². The minimum Gasteiger partial charge on any atom is -0.396 e. The van der Waals surface area contributed by atoms with E-state index in [0.29, 0.717) is 11.5 Å². The average molecular weight is 1880 g/mol. The second-order valence-corrected chi connectivity index (χ2v) is 35.3. The Morgan fingerprint density at radius 3 is 1.24 bits per heavy atom. The second-order valence-electron chi connectivity index (χ2n) is 35.3. The zero-order chi connectivity index (χ0) is 97.2. The van der Waals surface area contributed by atoms with Crippen molar-refractivity contribution in [3.63, 3.8) is 0 Å². The fourth-order valence-corrected chi connectivity index (χ4v) is 16.1. The number of carbonyl (C=O) groups is 10. The van der Waals surface area contributed by atoms with E-state index in [9.17, 15) is 83.7 Å². The Morgan fingerprint density at radius 2 is 0.823 bits per heavy atom. The van der Waals surface area contributed by atoms with Crippen LogP contribution in [0.25, 0.3) is 0 Å². The molecule has 0 bridgehead atoms. The van der Waals surface area contributed by atoms with Crippen LogP contribution >= 0.6 is 0 Å². The molecule has 9 heterocycles. The van der Waals surface area contributed by atoms with Gasteiger partial charge in [0.1, 0.15) is 136 Å². The van der Waals surface area contributed by atoms with E-state index in [2.05, 4.69) is 26.0 Å². The van der Waals surface area contributed by atoms with Crippen molar-refractivity contribution >= 4 is 59.7 Å². The number of ether oxygens (including phenoxy) is 15. The van der Waals surface area contributed by atoms with E-state index in [0.717, 1.165) is 24.5 Å². The van der Waals surface area contributed by atoms with Gasteiger partial charge in [-0.3, -0.25) is 28.9 Å². The van der Waals surface area contributed by atoms with Crippen LogP contribution in [0.1, 0.15) is 95.4 Å². The molecule has 54 heteroatoms. The van der Waals surface area contributed by atoms with Crippen molar-refractivity contribution in [2.75, 3.05) is 114 Å². The summed E-state index contributed by atoms with van der Waals surface area (Å²) in [7, 11) is 2.48. The van der Waals surface area contributed by atoms with Gasteiger partial charge in [-0.25, -0.2) is 48.5 Å². The molecule has 11 aliphatic rings. The smallest absolute Gasteiger partial charge is 0.331 e. The van der Waals surface area contributed by atoms with Crippen molar-refractivity contribution < 1.29 is 201 Å². The van der Waals surface area contributed by atoms with Crippen LogP contribution in [0.2, 0.25) is 0 Å². The number of methoxy groups -OCH3 is 2. The molecule has 746 valence electrons. The summed E-state index contributed by atoms with van der Waals surface area (Å²) in [6.45, 7) is 11.1. The van der Waals surface area contributed by atoms with E-state index in [1.54, 1.807) is 0 Å². The molecule has 0 radical (unpaired) electrons. The Morgan fingerprint density at radius 1 is 0.385 bits per heavy atom. The van der Waals surface area contributed by atoms with Crippen LogP contribution in [-0.2, 0) is 95.0 Å². The molecule has 0 aromatic rings. The van der Waals surface area contributed by atoms with Crippen LogP contribution in [0.15, 0.2) is 0 Å². The van der Waals surface area contributed by atoms with E-state index < -0.39 is 338 Å². The molecular weight excluding hydrogens is 1750 g/mol. The molecule has 21 unspecified atom stereocenters. The Labute approximate surface area is 746 Å². The lowest BCUT2D eigenvalue weighted by atomic mass is 9.85. The van der Waals surface area contributed by atoms with E-state index in [1.807, 2.05) is 6.92 Å². The van der Waals surface area contributed by atoms with Gasteiger partial charge >= 0.3 is 30.2 Å². The number of urea groups is 5. The lowest BCUT2D eigenvalue weighted by molar-refractivity contribution is -0.360. The minimum atomic E-state index is -1.85. The Balaban J connectivity index is 0.000000410. The third-order valence-corrected chi connectivity index (χ3v) is 24.2. The van der Waals surface area contributed by atoms with Crippen molar-refractivity contribution in [3.8, 4) is 0 Å². The normalized spacial score (nSPS) is 38.0. The van der Waals surface area contributed by atoms with Crippen LogP contribution in [0.4, 0.5) is 24.0 Å². The molecule has 11 rings (SSSR count). The number of imide groups is 5. The molecule has 2 saturated carbocycles. The van der Waals surface area contributed by atoms with Gasteiger partial charge in [-0.2, -0.15) is 0 Å². The standard InChI is InChI=1S/C53H86N10O26.C10H21NO5.C7H12N2O4.C6H12O6/c1-50(2)42(70)60(46(74)56-50)17-80-15-27-37(78-9)31(64)22(11-12-82-23-13-24(33(66)29(54)32(23)65)83-18-61-43(71)51(3,4)57-47(61)75)40(87-27)89-38-28(88-41(79-10)39(36(38)69)85-20-63-45(73)53(7,8)59-49(63)77)16-81-21-86-26-14-25(34(67)30(55)35(26)68)84-19-62-44(72)52(5,6)58-48(62)76;1-2-15-5-8-9(11)10(14)6(3-12)7(4-13)16-8;1-7(2)5(12)8(3-10)6(13)9(7)4-11;7-1-2-3(8)4(9)5(10)6(11)12-2/h22-41,64-69H,11-21,54-55H2,1-10H3,(H,56,74)(H,57,75)(H,58,76)(H,59,77);6-10,12-14H,2-5,11H2,1H3;10-11H,3-4H2,1-2H3;2-11H,1H2/t22?,23?,24-,25+,26?,27?,28?,29?,30?,31?,32+,33+,34+,35+,36?,37?,38?,39?,40?,41?;6-,7?,8+,9?,10-;;/m01../s1. The lowest BCUT2D eigenvalue weighted by Crippen LogP contribution is -2.64. The first-order chi connectivity index (χ1) is 60.8. The summed E-state index contributed by atoms with van der Waals surface area (Å²) in [6, 6.07) is -6.95. The van der Waals surface area contributed by atoms with Gasteiger partial charge in [0.05, 0.1) is 131 Å². The largest absolute Gasteiger partial charge is 0.396 e. The van der Waals surface area contributed by atoms with E-state index in [-0.39, 0.29) is 45.7 Å². The third kappa shape index (κ3) is 24.2. The molecular formula is C76H131N13O41. The monoisotopic (exact) mass is 1880 g/mol. The van der Waals surface area contributed by atoms with Gasteiger partial charge in [0.25, 0.3) is 29.5 Å². The van der Waals surface area contributed by atoms with Crippen molar-refractivity contribution in [3.05, 3.63) is 0 Å².